The SMILES string of the molecule is O[C@@H](COc1ccccc1)CSc1ccccn1. The number of para-hydroxylation sites is 1. The van der Waals surface area contributed by atoms with Crippen molar-refractivity contribution >= 4 is 11.8 Å². The summed E-state index contributed by atoms with van der Waals surface area (Å²) in [6.45, 7) is 0.295. The van der Waals surface area contributed by atoms with Crippen molar-refractivity contribution in [1.29, 1.82) is 0 Å². The Bertz CT molecular complexity index is 406. The maximum atomic E-state index is 9.80. The quantitative estimate of drug-likeness (QED) is 0.812. The molecule has 94 valence electrons. The number of rotatable bonds is 6. The van der Waals surface area contributed by atoms with Crippen LogP contribution in [0.1, 0.15) is 0 Å². The molecule has 0 aliphatic carbocycles. The summed E-state index contributed by atoms with van der Waals surface area (Å²) in [5.41, 5.74) is 0. The first-order valence-corrected chi connectivity index (χ1v) is 6.73. The van der Waals surface area contributed by atoms with Gasteiger partial charge in [-0.05, 0) is 24.3 Å². The van der Waals surface area contributed by atoms with Gasteiger partial charge in [0.05, 0.1) is 11.1 Å². The van der Waals surface area contributed by atoms with E-state index in [1.807, 2.05) is 48.5 Å². The molecule has 1 N–H and O–H groups in total. The minimum atomic E-state index is -0.503. The second-order valence-corrected chi connectivity index (χ2v) is 4.80. The minimum Gasteiger partial charge on any atom is -0.491 e. The van der Waals surface area contributed by atoms with Crippen molar-refractivity contribution in [2.75, 3.05) is 12.4 Å². The van der Waals surface area contributed by atoms with Crippen LogP contribution in [0.2, 0.25) is 0 Å². The van der Waals surface area contributed by atoms with Crippen molar-refractivity contribution in [2.45, 2.75) is 11.1 Å². The van der Waals surface area contributed by atoms with E-state index in [9.17, 15) is 5.11 Å². The zero-order chi connectivity index (χ0) is 12.6. The van der Waals surface area contributed by atoms with Gasteiger partial charge in [-0.25, -0.2) is 4.98 Å². The van der Waals surface area contributed by atoms with E-state index in [1.165, 1.54) is 11.8 Å². The molecule has 1 atom stereocenters. The van der Waals surface area contributed by atoms with E-state index in [0.717, 1.165) is 10.8 Å². The van der Waals surface area contributed by atoms with Gasteiger partial charge in [-0.2, -0.15) is 0 Å². The van der Waals surface area contributed by atoms with Gasteiger partial charge in [0, 0.05) is 11.9 Å². The lowest BCUT2D eigenvalue weighted by atomic mass is 10.3. The Morgan fingerprint density at radius 3 is 2.61 bits per heavy atom. The highest BCUT2D eigenvalue weighted by Crippen LogP contribution is 2.16. The van der Waals surface area contributed by atoms with Crippen molar-refractivity contribution in [3.8, 4) is 5.75 Å². The normalized spacial score (nSPS) is 12.1. The Labute approximate surface area is 111 Å². The standard InChI is InChI=1S/C14H15NO2S/c16-12(10-17-13-6-2-1-3-7-13)11-18-14-8-4-5-9-15-14/h1-9,12,16H,10-11H2/t12-/m0/s1. The Balaban J connectivity index is 1.71. The Kier molecular flexibility index (Phi) is 5.05. The zero-order valence-corrected chi connectivity index (χ0v) is 10.7. The van der Waals surface area contributed by atoms with E-state index < -0.39 is 6.10 Å². The average Bonchev–Trinajstić information content (AvgIpc) is 2.45. The number of benzene rings is 1. The van der Waals surface area contributed by atoms with Crippen molar-refractivity contribution < 1.29 is 9.84 Å². The van der Waals surface area contributed by atoms with E-state index in [1.54, 1.807) is 6.20 Å². The smallest absolute Gasteiger partial charge is 0.119 e. The molecule has 4 heteroatoms. The first-order valence-electron chi connectivity index (χ1n) is 5.74. The van der Waals surface area contributed by atoms with Gasteiger partial charge in [0.2, 0.25) is 0 Å². The molecule has 1 aromatic carbocycles. The molecule has 0 radical (unpaired) electrons. The average molecular weight is 261 g/mol. The summed E-state index contributed by atoms with van der Waals surface area (Å²) in [7, 11) is 0. The molecular weight excluding hydrogens is 246 g/mol. The molecule has 18 heavy (non-hydrogen) atoms. The van der Waals surface area contributed by atoms with Crippen LogP contribution in [-0.4, -0.2) is 28.6 Å². The van der Waals surface area contributed by atoms with Crippen LogP contribution in [0.25, 0.3) is 0 Å². The molecule has 0 spiro atoms. The molecule has 0 aliphatic heterocycles. The molecule has 1 aromatic heterocycles. The lowest BCUT2D eigenvalue weighted by molar-refractivity contribution is 0.126. The fourth-order valence-electron chi connectivity index (χ4n) is 1.37. The summed E-state index contributed by atoms with van der Waals surface area (Å²) in [5, 5.41) is 10.7. The number of aromatic nitrogens is 1. The van der Waals surface area contributed by atoms with Crippen molar-refractivity contribution in [1.82, 2.24) is 4.98 Å². The summed E-state index contributed by atoms with van der Waals surface area (Å²) in [4.78, 5) is 4.18. The van der Waals surface area contributed by atoms with E-state index in [0.29, 0.717) is 12.4 Å². The van der Waals surface area contributed by atoms with Crippen LogP contribution in [-0.2, 0) is 0 Å². The molecule has 3 nitrogen and oxygen atoms in total. The molecular formula is C14H15NO2S. The number of pyridine rings is 1. The van der Waals surface area contributed by atoms with Crippen LogP contribution in [0, 0.1) is 0 Å². The van der Waals surface area contributed by atoms with Crippen LogP contribution in [0.4, 0.5) is 0 Å². The van der Waals surface area contributed by atoms with Crippen LogP contribution < -0.4 is 4.74 Å². The number of aliphatic hydroxyl groups excluding tert-OH is 1. The third-order valence-corrected chi connectivity index (χ3v) is 3.34. The van der Waals surface area contributed by atoms with Crippen LogP contribution in [0.3, 0.4) is 0 Å². The Morgan fingerprint density at radius 1 is 1.11 bits per heavy atom. The third-order valence-electron chi connectivity index (χ3n) is 2.25. The first-order chi connectivity index (χ1) is 8.84. The highest BCUT2D eigenvalue weighted by atomic mass is 32.2. The molecule has 0 saturated carbocycles. The Morgan fingerprint density at radius 2 is 1.89 bits per heavy atom. The number of hydrogen-bond donors (Lipinski definition) is 1. The molecule has 0 bridgehead atoms. The summed E-state index contributed by atoms with van der Waals surface area (Å²) in [6, 6.07) is 15.2. The van der Waals surface area contributed by atoms with Gasteiger partial charge >= 0.3 is 0 Å². The van der Waals surface area contributed by atoms with Crippen LogP contribution in [0.5, 0.6) is 5.75 Å². The molecule has 0 aliphatic rings. The van der Waals surface area contributed by atoms with Gasteiger partial charge in [0.15, 0.2) is 0 Å². The summed E-state index contributed by atoms with van der Waals surface area (Å²) < 4.78 is 5.47. The highest BCUT2D eigenvalue weighted by molar-refractivity contribution is 7.99. The largest absolute Gasteiger partial charge is 0.491 e. The van der Waals surface area contributed by atoms with Crippen LogP contribution >= 0.6 is 11.8 Å². The van der Waals surface area contributed by atoms with E-state index >= 15 is 0 Å². The lowest BCUT2D eigenvalue weighted by Gasteiger charge is -2.11. The third kappa shape index (κ3) is 4.39. The predicted octanol–water partition coefficient (Wildman–Crippen LogP) is 2.61. The lowest BCUT2D eigenvalue weighted by Crippen LogP contribution is -2.20. The minimum absolute atomic E-state index is 0.295. The molecule has 1 heterocycles. The van der Waals surface area contributed by atoms with E-state index in [-0.39, 0.29) is 0 Å². The number of hydrogen-bond acceptors (Lipinski definition) is 4. The monoisotopic (exact) mass is 261 g/mol. The summed E-state index contributed by atoms with van der Waals surface area (Å²) in [6.07, 6.45) is 1.24. The van der Waals surface area contributed by atoms with Crippen molar-refractivity contribution in [3.63, 3.8) is 0 Å². The molecule has 2 aromatic rings. The molecule has 0 saturated heterocycles. The first kappa shape index (κ1) is 12.9. The Hall–Kier alpha value is -1.52. The fourth-order valence-corrected chi connectivity index (χ4v) is 2.14. The topological polar surface area (TPSA) is 42.4 Å². The number of aliphatic hydroxyl groups is 1. The van der Waals surface area contributed by atoms with Gasteiger partial charge in [-0.15, -0.1) is 11.8 Å². The van der Waals surface area contributed by atoms with Gasteiger partial charge in [-0.1, -0.05) is 24.3 Å². The summed E-state index contributed by atoms with van der Waals surface area (Å²) in [5.74, 6) is 1.35. The molecule has 0 fully saturated rings. The van der Waals surface area contributed by atoms with Gasteiger partial charge in [0.25, 0.3) is 0 Å². The molecule has 0 amide bonds. The zero-order valence-electron chi connectivity index (χ0n) is 9.90. The maximum Gasteiger partial charge on any atom is 0.119 e. The highest BCUT2D eigenvalue weighted by Gasteiger charge is 2.06. The van der Waals surface area contributed by atoms with Gasteiger partial charge in [0.1, 0.15) is 12.4 Å². The number of nitrogens with zero attached hydrogens (tertiary/aromatic N) is 1. The second kappa shape index (κ2) is 7.03. The van der Waals surface area contributed by atoms with Gasteiger partial charge in [-0.3, -0.25) is 0 Å². The summed E-state index contributed by atoms with van der Waals surface area (Å²) >= 11 is 1.52. The van der Waals surface area contributed by atoms with Crippen molar-refractivity contribution in [2.24, 2.45) is 0 Å². The maximum absolute atomic E-state index is 9.80. The van der Waals surface area contributed by atoms with E-state index in [4.69, 9.17) is 4.74 Å². The van der Waals surface area contributed by atoms with Crippen LogP contribution in [0.15, 0.2) is 59.8 Å². The molecule has 2 rings (SSSR count). The van der Waals surface area contributed by atoms with Crippen molar-refractivity contribution in [3.05, 3.63) is 54.7 Å². The van der Waals surface area contributed by atoms with E-state index in [2.05, 4.69) is 4.98 Å². The predicted molar refractivity (Wildman–Crippen MR) is 72.9 cm³/mol. The number of thioether (sulfide) groups is 1. The second-order valence-electron chi connectivity index (χ2n) is 3.76. The van der Waals surface area contributed by atoms with Gasteiger partial charge < -0.3 is 9.84 Å². The molecule has 0 unspecified atom stereocenters. The fraction of sp³-hybridized carbons (Fsp3) is 0.214. The number of ether oxygens (including phenoxy) is 1.